The summed E-state index contributed by atoms with van der Waals surface area (Å²) in [5, 5.41) is 12.9. The Labute approximate surface area is 192 Å². The quantitative estimate of drug-likeness (QED) is 0.625. The van der Waals surface area contributed by atoms with Crippen LogP contribution in [-0.4, -0.2) is 64.8 Å². The van der Waals surface area contributed by atoms with Crippen molar-refractivity contribution in [3.63, 3.8) is 0 Å². The van der Waals surface area contributed by atoms with Gasteiger partial charge in [0.2, 0.25) is 11.8 Å². The number of benzene rings is 1. The first-order valence-corrected chi connectivity index (χ1v) is 11.3. The highest BCUT2D eigenvalue weighted by Crippen LogP contribution is 2.65. The number of carbonyl (C=O) groups is 3. The topological polar surface area (TPSA) is 105 Å². The van der Waals surface area contributed by atoms with Crippen molar-refractivity contribution in [3.05, 3.63) is 28.8 Å². The highest BCUT2D eigenvalue weighted by atomic mass is 35.5. The molecule has 1 aromatic rings. The number of aliphatic hydroxyl groups excluding tert-OH is 1. The van der Waals surface area contributed by atoms with Crippen molar-refractivity contribution < 1.29 is 29.0 Å². The molecule has 3 saturated heterocycles. The molecule has 8 nitrogen and oxygen atoms in total. The number of para-hydroxylation sites is 1. The molecule has 2 amide bonds. The third-order valence-corrected chi connectivity index (χ3v) is 7.73. The summed E-state index contributed by atoms with van der Waals surface area (Å²) in [4.78, 5) is 41.5. The average molecular weight is 465 g/mol. The number of nitrogens with one attached hydrogen (secondary N) is 1. The number of hydrogen-bond acceptors (Lipinski definition) is 6. The molecule has 32 heavy (non-hydrogen) atoms. The lowest BCUT2D eigenvalue weighted by atomic mass is 9.62. The van der Waals surface area contributed by atoms with E-state index in [1.165, 1.54) is 4.90 Å². The molecule has 0 aliphatic carbocycles. The van der Waals surface area contributed by atoms with E-state index in [0.29, 0.717) is 17.1 Å². The summed E-state index contributed by atoms with van der Waals surface area (Å²) in [6.07, 6.45) is 0.442. The van der Waals surface area contributed by atoms with Crippen molar-refractivity contribution in [3.8, 4) is 0 Å². The number of aryl methyl sites for hydroxylation is 1. The van der Waals surface area contributed by atoms with E-state index in [9.17, 15) is 19.5 Å². The van der Waals surface area contributed by atoms with Crippen LogP contribution in [0.1, 0.15) is 32.8 Å². The normalized spacial score (nSPS) is 35.2. The zero-order chi connectivity index (χ0) is 23.4. The number of halogens is 1. The molecule has 0 radical (unpaired) electrons. The molecule has 3 fully saturated rings. The van der Waals surface area contributed by atoms with E-state index in [1.807, 2.05) is 26.8 Å². The largest absolute Gasteiger partial charge is 0.466 e. The smallest absolute Gasteiger partial charge is 0.312 e. The van der Waals surface area contributed by atoms with Gasteiger partial charge in [-0.15, -0.1) is 0 Å². The van der Waals surface area contributed by atoms with Crippen LogP contribution in [0.5, 0.6) is 0 Å². The second kappa shape index (κ2) is 8.01. The van der Waals surface area contributed by atoms with Crippen molar-refractivity contribution >= 4 is 35.1 Å². The second-order valence-electron chi connectivity index (χ2n) is 9.13. The number of amides is 2. The van der Waals surface area contributed by atoms with Gasteiger partial charge in [-0.1, -0.05) is 30.7 Å². The minimum absolute atomic E-state index is 0.0410. The Bertz CT molecular complexity index is 950. The SMILES string of the molecule is CCOC(=O)[C@H]1[C@H]2C(=O)N(CCO)C(C(=O)Nc3c(C)cccc3Cl)C23CC(C)[C@]1(C)O3. The van der Waals surface area contributed by atoms with Crippen LogP contribution in [0.3, 0.4) is 0 Å². The van der Waals surface area contributed by atoms with Crippen molar-refractivity contribution in [2.45, 2.75) is 51.4 Å². The van der Waals surface area contributed by atoms with Crippen LogP contribution in [0, 0.1) is 24.7 Å². The lowest BCUT2D eigenvalue weighted by molar-refractivity contribution is -0.161. The molecule has 174 valence electrons. The fourth-order valence-electron chi connectivity index (χ4n) is 5.96. The van der Waals surface area contributed by atoms with E-state index in [0.717, 1.165) is 5.56 Å². The molecule has 6 atom stereocenters. The Morgan fingerprint density at radius 3 is 2.75 bits per heavy atom. The summed E-state index contributed by atoms with van der Waals surface area (Å²) in [5.41, 5.74) is -0.864. The number of esters is 1. The van der Waals surface area contributed by atoms with Crippen molar-refractivity contribution in [2.24, 2.45) is 17.8 Å². The summed E-state index contributed by atoms with van der Waals surface area (Å²) >= 11 is 6.31. The number of hydrogen-bond donors (Lipinski definition) is 2. The fraction of sp³-hybridized carbons (Fsp3) is 0.609. The molecule has 2 N–H and O–H groups in total. The first-order chi connectivity index (χ1) is 15.1. The van der Waals surface area contributed by atoms with Crippen LogP contribution in [0.25, 0.3) is 0 Å². The number of nitrogens with zero attached hydrogens (tertiary/aromatic N) is 1. The summed E-state index contributed by atoms with van der Waals surface area (Å²) in [6.45, 7) is 7.15. The molecular weight excluding hydrogens is 436 g/mol. The van der Waals surface area contributed by atoms with E-state index >= 15 is 0 Å². The van der Waals surface area contributed by atoms with Gasteiger partial charge in [0.05, 0.1) is 35.4 Å². The molecule has 3 aliphatic rings. The zero-order valence-corrected chi connectivity index (χ0v) is 19.4. The Morgan fingerprint density at radius 1 is 1.41 bits per heavy atom. The van der Waals surface area contributed by atoms with E-state index in [4.69, 9.17) is 21.1 Å². The Kier molecular flexibility index (Phi) is 5.76. The summed E-state index contributed by atoms with van der Waals surface area (Å²) in [7, 11) is 0. The molecule has 3 heterocycles. The molecule has 4 rings (SSSR count). The first-order valence-electron chi connectivity index (χ1n) is 11.0. The lowest BCUT2D eigenvalue weighted by Crippen LogP contribution is -2.54. The molecule has 1 aromatic carbocycles. The number of fused-ring (bicyclic) bond motifs is 1. The molecular formula is C23H29ClN2O6. The van der Waals surface area contributed by atoms with E-state index in [1.54, 1.807) is 19.1 Å². The van der Waals surface area contributed by atoms with Gasteiger partial charge in [0.1, 0.15) is 17.6 Å². The number of β-amino-alcohol motifs (C(OH)–C–C–N with tert-alkyl or cyclic N) is 1. The number of aliphatic hydroxyl groups is 1. The van der Waals surface area contributed by atoms with Gasteiger partial charge in [-0.05, 0) is 44.7 Å². The lowest BCUT2D eigenvalue weighted by Gasteiger charge is -2.35. The number of anilines is 1. The number of rotatable bonds is 6. The monoisotopic (exact) mass is 464 g/mol. The fourth-order valence-corrected chi connectivity index (χ4v) is 6.23. The van der Waals surface area contributed by atoms with Crippen LogP contribution in [0.2, 0.25) is 5.02 Å². The summed E-state index contributed by atoms with van der Waals surface area (Å²) in [5.74, 6) is -3.06. The Morgan fingerprint density at radius 2 is 2.12 bits per heavy atom. The maximum atomic E-state index is 13.6. The minimum Gasteiger partial charge on any atom is -0.466 e. The maximum Gasteiger partial charge on any atom is 0.312 e. The van der Waals surface area contributed by atoms with Gasteiger partial charge in [-0.25, -0.2) is 0 Å². The molecule has 3 unspecified atom stereocenters. The third kappa shape index (κ3) is 3.07. The molecule has 1 spiro atoms. The van der Waals surface area contributed by atoms with Crippen LogP contribution >= 0.6 is 11.6 Å². The van der Waals surface area contributed by atoms with Crippen molar-refractivity contribution in [1.29, 1.82) is 0 Å². The molecule has 0 aromatic heterocycles. The predicted octanol–water partition coefficient (Wildman–Crippen LogP) is 2.15. The van der Waals surface area contributed by atoms with Gasteiger partial charge in [-0.2, -0.15) is 0 Å². The maximum absolute atomic E-state index is 13.6. The third-order valence-electron chi connectivity index (χ3n) is 7.41. The van der Waals surface area contributed by atoms with Crippen molar-refractivity contribution in [1.82, 2.24) is 4.90 Å². The average Bonchev–Trinajstić information content (AvgIpc) is 3.23. The predicted molar refractivity (Wildman–Crippen MR) is 117 cm³/mol. The van der Waals surface area contributed by atoms with Gasteiger partial charge < -0.3 is 24.8 Å². The number of ether oxygens (including phenoxy) is 2. The van der Waals surface area contributed by atoms with Gasteiger partial charge in [0.15, 0.2) is 0 Å². The Hall–Kier alpha value is -2.16. The van der Waals surface area contributed by atoms with Gasteiger partial charge in [0, 0.05) is 6.54 Å². The van der Waals surface area contributed by atoms with Gasteiger partial charge in [-0.3, -0.25) is 14.4 Å². The minimum atomic E-state index is -1.18. The highest BCUT2D eigenvalue weighted by molar-refractivity contribution is 6.34. The molecule has 2 bridgehead atoms. The van der Waals surface area contributed by atoms with Crippen molar-refractivity contribution in [2.75, 3.05) is 25.1 Å². The van der Waals surface area contributed by atoms with E-state index in [-0.39, 0.29) is 31.6 Å². The number of carbonyl (C=O) groups excluding carboxylic acids is 3. The first kappa shape index (κ1) is 23.0. The van der Waals surface area contributed by atoms with Crippen LogP contribution < -0.4 is 5.32 Å². The van der Waals surface area contributed by atoms with Gasteiger partial charge in [0.25, 0.3) is 0 Å². The summed E-state index contributed by atoms with van der Waals surface area (Å²) < 4.78 is 11.8. The highest BCUT2D eigenvalue weighted by Gasteiger charge is 2.80. The van der Waals surface area contributed by atoms with Crippen LogP contribution in [0.15, 0.2) is 18.2 Å². The van der Waals surface area contributed by atoms with E-state index in [2.05, 4.69) is 5.32 Å². The van der Waals surface area contributed by atoms with Crippen LogP contribution in [-0.2, 0) is 23.9 Å². The van der Waals surface area contributed by atoms with E-state index < -0.39 is 41.0 Å². The Balaban J connectivity index is 1.78. The zero-order valence-electron chi connectivity index (χ0n) is 18.7. The molecule has 9 heteroatoms. The standard InChI is InChI=1S/C23H29ClN2O6/c1-5-31-21(30)16-15-20(29)26(9-10-27)18(23(15)11-13(3)22(16,4)32-23)19(28)25-17-12(2)7-6-8-14(17)24/h6-8,13,15-16,18,27H,5,9-11H2,1-4H3,(H,25,28)/t13?,15-,16+,18?,22-,23?/m0/s1. The summed E-state index contributed by atoms with van der Waals surface area (Å²) in [6, 6.07) is 4.28. The van der Waals surface area contributed by atoms with Gasteiger partial charge >= 0.3 is 5.97 Å². The molecule has 0 saturated carbocycles. The van der Waals surface area contributed by atoms with Crippen LogP contribution in [0.4, 0.5) is 5.69 Å². The second-order valence-corrected chi connectivity index (χ2v) is 9.54. The molecule has 3 aliphatic heterocycles. The number of likely N-dealkylation sites (tertiary alicyclic amines) is 1.